The van der Waals surface area contributed by atoms with E-state index in [2.05, 4.69) is 27.2 Å². The van der Waals surface area contributed by atoms with E-state index >= 15 is 0 Å². The van der Waals surface area contributed by atoms with Crippen molar-refractivity contribution in [2.24, 2.45) is 0 Å². The normalized spacial score (nSPS) is 13.0. The number of hydrogen-bond acceptors (Lipinski definition) is 3. The second-order valence-corrected chi connectivity index (χ2v) is 1.81. The maximum atomic E-state index is 3.70. The molecule has 0 aliphatic rings. The van der Waals surface area contributed by atoms with E-state index in [1.165, 1.54) is 0 Å². The third-order valence-corrected chi connectivity index (χ3v) is 1.15. The number of tetrazole rings is 1. The fourth-order valence-corrected chi connectivity index (χ4v) is 0.471. The number of nitrogens with zero attached hydrogens (tertiary/aromatic N) is 3. The Morgan fingerprint density at radius 1 is 1.78 bits per heavy atom. The monoisotopic (exact) mass is 124 g/mol. The first-order valence-electron chi connectivity index (χ1n) is 2.70. The van der Waals surface area contributed by atoms with Gasteiger partial charge >= 0.3 is 0 Å². The molecule has 0 amide bonds. The van der Waals surface area contributed by atoms with Crippen LogP contribution in [0.1, 0.15) is 18.7 Å². The lowest BCUT2D eigenvalue weighted by Gasteiger charge is -1.94. The van der Waals surface area contributed by atoms with Crippen LogP contribution in [0.5, 0.6) is 0 Å². The van der Waals surface area contributed by atoms with Crippen molar-refractivity contribution in [3.63, 3.8) is 0 Å². The summed E-state index contributed by atoms with van der Waals surface area (Å²) in [6.07, 6.45) is 1.78. The van der Waals surface area contributed by atoms with E-state index in [-0.39, 0.29) is 5.92 Å². The van der Waals surface area contributed by atoms with Crippen LogP contribution in [0.2, 0.25) is 0 Å². The Balaban J connectivity index is 2.76. The molecule has 0 aliphatic heterocycles. The predicted octanol–water partition coefficient (Wildman–Crippen LogP) is 0.489. The van der Waals surface area contributed by atoms with Crippen molar-refractivity contribution in [2.45, 2.75) is 12.8 Å². The minimum Gasteiger partial charge on any atom is -0.242 e. The van der Waals surface area contributed by atoms with E-state index in [1.54, 1.807) is 6.08 Å². The topological polar surface area (TPSA) is 54.5 Å². The SMILES string of the molecule is C=CC(C)c1nnn[nH]1. The Labute approximate surface area is 53.0 Å². The van der Waals surface area contributed by atoms with Crippen LogP contribution in [0.4, 0.5) is 0 Å². The Bertz CT molecular complexity index is 179. The number of H-pyrrole nitrogens is 1. The van der Waals surface area contributed by atoms with Crippen LogP contribution in [0.3, 0.4) is 0 Å². The average molecular weight is 124 g/mol. The Hall–Kier alpha value is -1.19. The average Bonchev–Trinajstić information content (AvgIpc) is 2.37. The molecule has 1 aromatic rings. The van der Waals surface area contributed by atoms with Crippen LogP contribution in [0.15, 0.2) is 12.7 Å². The maximum Gasteiger partial charge on any atom is 0.155 e. The minimum atomic E-state index is 0.208. The van der Waals surface area contributed by atoms with Crippen molar-refractivity contribution in [3.05, 3.63) is 18.5 Å². The summed E-state index contributed by atoms with van der Waals surface area (Å²) in [6.45, 7) is 5.57. The van der Waals surface area contributed by atoms with Gasteiger partial charge in [0.15, 0.2) is 5.82 Å². The van der Waals surface area contributed by atoms with Crippen molar-refractivity contribution < 1.29 is 0 Å². The largest absolute Gasteiger partial charge is 0.242 e. The van der Waals surface area contributed by atoms with Gasteiger partial charge in [-0.25, -0.2) is 5.10 Å². The summed E-state index contributed by atoms with van der Waals surface area (Å²) in [6, 6.07) is 0. The molecule has 0 saturated heterocycles. The quantitative estimate of drug-likeness (QED) is 0.584. The predicted molar refractivity (Wildman–Crippen MR) is 32.8 cm³/mol. The molecule has 4 nitrogen and oxygen atoms in total. The van der Waals surface area contributed by atoms with Crippen molar-refractivity contribution in [3.8, 4) is 0 Å². The lowest BCUT2D eigenvalue weighted by atomic mass is 10.2. The van der Waals surface area contributed by atoms with Gasteiger partial charge in [0.25, 0.3) is 0 Å². The Morgan fingerprint density at radius 2 is 2.56 bits per heavy atom. The van der Waals surface area contributed by atoms with E-state index in [9.17, 15) is 0 Å². The summed E-state index contributed by atoms with van der Waals surface area (Å²) in [5.74, 6) is 0.963. The number of allylic oxidation sites excluding steroid dienone is 1. The molecule has 0 saturated carbocycles. The number of aromatic amines is 1. The molecule has 0 bridgehead atoms. The maximum absolute atomic E-state index is 3.70. The summed E-state index contributed by atoms with van der Waals surface area (Å²) in [5.41, 5.74) is 0. The van der Waals surface area contributed by atoms with E-state index in [4.69, 9.17) is 0 Å². The smallest absolute Gasteiger partial charge is 0.155 e. The summed E-state index contributed by atoms with van der Waals surface area (Å²) < 4.78 is 0. The lowest BCUT2D eigenvalue weighted by molar-refractivity contribution is 0.851. The van der Waals surface area contributed by atoms with Crippen molar-refractivity contribution in [2.75, 3.05) is 0 Å². The zero-order chi connectivity index (χ0) is 6.69. The van der Waals surface area contributed by atoms with Gasteiger partial charge in [0.2, 0.25) is 0 Å². The molecule has 1 rings (SSSR count). The molecule has 1 N–H and O–H groups in total. The molecule has 0 aliphatic carbocycles. The second-order valence-electron chi connectivity index (χ2n) is 1.81. The first-order valence-corrected chi connectivity index (χ1v) is 2.70. The Morgan fingerprint density at radius 3 is 3.00 bits per heavy atom. The highest BCUT2D eigenvalue weighted by Gasteiger charge is 2.02. The zero-order valence-electron chi connectivity index (χ0n) is 5.20. The summed E-state index contributed by atoms with van der Waals surface area (Å²) >= 11 is 0. The van der Waals surface area contributed by atoms with Gasteiger partial charge < -0.3 is 0 Å². The minimum absolute atomic E-state index is 0.208. The molecule has 0 aromatic carbocycles. The molecular weight excluding hydrogens is 116 g/mol. The molecular formula is C5H8N4. The third-order valence-electron chi connectivity index (χ3n) is 1.15. The third kappa shape index (κ3) is 1.13. The lowest BCUT2D eigenvalue weighted by Crippen LogP contribution is -1.90. The van der Waals surface area contributed by atoms with Gasteiger partial charge in [0.05, 0.1) is 0 Å². The van der Waals surface area contributed by atoms with Crippen LogP contribution in [-0.4, -0.2) is 20.6 Å². The molecule has 48 valence electrons. The van der Waals surface area contributed by atoms with Crippen molar-refractivity contribution in [1.29, 1.82) is 0 Å². The van der Waals surface area contributed by atoms with Crippen molar-refractivity contribution >= 4 is 0 Å². The molecule has 4 heteroatoms. The van der Waals surface area contributed by atoms with Crippen molar-refractivity contribution in [1.82, 2.24) is 20.6 Å². The van der Waals surface area contributed by atoms with Crippen LogP contribution < -0.4 is 0 Å². The highest BCUT2D eigenvalue weighted by Crippen LogP contribution is 2.06. The highest BCUT2D eigenvalue weighted by atomic mass is 15.5. The molecule has 1 atom stereocenters. The van der Waals surface area contributed by atoms with Crippen LogP contribution in [0.25, 0.3) is 0 Å². The second kappa shape index (κ2) is 2.39. The van der Waals surface area contributed by atoms with Gasteiger partial charge in [-0.05, 0) is 10.4 Å². The zero-order valence-corrected chi connectivity index (χ0v) is 5.20. The van der Waals surface area contributed by atoms with Crippen LogP contribution in [0, 0.1) is 0 Å². The fourth-order valence-electron chi connectivity index (χ4n) is 0.471. The number of hydrogen-bond donors (Lipinski definition) is 1. The van der Waals surface area contributed by atoms with Crippen LogP contribution in [-0.2, 0) is 0 Å². The first-order chi connectivity index (χ1) is 4.34. The number of aromatic nitrogens is 4. The molecule has 1 unspecified atom stereocenters. The summed E-state index contributed by atoms with van der Waals surface area (Å²) in [4.78, 5) is 0. The van der Waals surface area contributed by atoms with E-state index in [0.717, 1.165) is 5.82 Å². The highest BCUT2D eigenvalue weighted by molar-refractivity contribution is 4.98. The van der Waals surface area contributed by atoms with Gasteiger partial charge in [-0.2, -0.15) is 0 Å². The number of rotatable bonds is 2. The van der Waals surface area contributed by atoms with Gasteiger partial charge in [-0.3, -0.25) is 0 Å². The van der Waals surface area contributed by atoms with Gasteiger partial charge in [0.1, 0.15) is 0 Å². The standard InChI is InChI=1S/C5H8N4/c1-3-4(2)5-6-8-9-7-5/h3-4H,1H2,2H3,(H,6,7,8,9). The Kier molecular flexibility index (Phi) is 1.58. The molecule has 1 aromatic heterocycles. The summed E-state index contributed by atoms with van der Waals surface area (Å²) in [7, 11) is 0. The fraction of sp³-hybridized carbons (Fsp3) is 0.400. The molecule has 1 heterocycles. The van der Waals surface area contributed by atoms with E-state index in [1.807, 2.05) is 6.92 Å². The van der Waals surface area contributed by atoms with Gasteiger partial charge in [-0.15, -0.1) is 11.7 Å². The van der Waals surface area contributed by atoms with Gasteiger partial charge in [0, 0.05) is 5.92 Å². The van der Waals surface area contributed by atoms with E-state index < -0.39 is 0 Å². The summed E-state index contributed by atoms with van der Waals surface area (Å²) in [5, 5.41) is 13.2. The first kappa shape index (κ1) is 5.94. The number of nitrogens with one attached hydrogen (secondary N) is 1. The molecule has 0 radical (unpaired) electrons. The molecule has 9 heavy (non-hydrogen) atoms. The molecule has 0 fully saturated rings. The van der Waals surface area contributed by atoms with Gasteiger partial charge in [-0.1, -0.05) is 13.0 Å². The van der Waals surface area contributed by atoms with E-state index in [0.29, 0.717) is 0 Å². The van der Waals surface area contributed by atoms with Crippen LogP contribution >= 0.6 is 0 Å². The molecule has 0 spiro atoms.